The Bertz CT molecular complexity index is 820. The number of para-hydroxylation sites is 1. The molecular formula is C20H20N2O5. The molecular weight excluding hydrogens is 348 g/mol. The van der Waals surface area contributed by atoms with Crippen LogP contribution in [0.15, 0.2) is 54.6 Å². The topological polar surface area (TPSA) is 84.9 Å². The summed E-state index contributed by atoms with van der Waals surface area (Å²) in [6.07, 6.45) is 0.0772. The molecule has 3 rings (SSSR count). The number of nitrogens with one attached hydrogen (secondary N) is 1. The highest BCUT2D eigenvalue weighted by atomic mass is 16.5. The van der Waals surface area contributed by atoms with E-state index in [1.54, 1.807) is 36.3 Å². The molecule has 0 radical (unpaired) electrons. The zero-order valence-electron chi connectivity index (χ0n) is 14.9. The molecule has 0 aliphatic carbocycles. The maximum atomic E-state index is 12.2. The van der Waals surface area contributed by atoms with E-state index in [2.05, 4.69) is 5.32 Å². The lowest BCUT2D eigenvalue weighted by molar-refractivity contribution is -0.151. The number of anilines is 2. The van der Waals surface area contributed by atoms with Crippen LogP contribution in [0.2, 0.25) is 0 Å². The van der Waals surface area contributed by atoms with Gasteiger partial charge in [-0.25, -0.2) is 0 Å². The minimum atomic E-state index is -0.577. The number of methoxy groups -OCH3 is 1. The first-order valence-electron chi connectivity index (χ1n) is 8.53. The van der Waals surface area contributed by atoms with Gasteiger partial charge in [-0.15, -0.1) is 0 Å². The molecule has 1 unspecified atom stereocenters. The van der Waals surface area contributed by atoms with Crippen molar-refractivity contribution in [2.75, 3.05) is 30.5 Å². The van der Waals surface area contributed by atoms with E-state index in [1.165, 1.54) is 0 Å². The van der Waals surface area contributed by atoms with Crippen LogP contribution in [0.3, 0.4) is 0 Å². The predicted octanol–water partition coefficient (Wildman–Crippen LogP) is 2.23. The van der Waals surface area contributed by atoms with Gasteiger partial charge in [0.15, 0.2) is 6.61 Å². The number of ether oxygens (including phenoxy) is 2. The molecule has 0 spiro atoms. The lowest BCUT2D eigenvalue weighted by atomic mass is 10.1. The van der Waals surface area contributed by atoms with E-state index in [1.807, 2.05) is 30.3 Å². The SMILES string of the molecule is COc1ccc(NC(=O)COC(=O)C2CC(=O)N(c3ccccc3)C2)cc1. The zero-order valence-corrected chi connectivity index (χ0v) is 14.9. The molecule has 2 amide bonds. The van der Waals surface area contributed by atoms with Crippen molar-refractivity contribution in [3.8, 4) is 5.75 Å². The fraction of sp³-hybridized carbons (Fsp3) is 0.250. The molecule has 140 valence electrons. The maximum absolute atomic E-state index is 12.2. The average molecular weight is 368 g/mol. The van der Waals surface area contributed by atoms with Gasteiger partial charge in [-0.2, -0.15) is 0 Å². The summed E-state index contributed by atoms with van der Waals surface area (Å²) in [6, 6.07) is 15.9. The van der Waals surface area contributed by atoms with E-state index in [0.29, 0.717) is 11.4 Å². The lowest BCUT2D eigenvalue weighted by Crippen LogP contribution is -2.28. The minimum Gasteiger partial charge on any atom is -0.497 e. The third-order valence-corrected chi connectivity index (χ3v) is 4.25. The molecule has 0 saturated carbocycles. The monoisotopic (exact) mass is 368 g/mol. The van der Waals surface area contributed by atoms with Gasteiger partial charge < -0.3 is 19.7 Å². The van der Waals surface area contributed by atoms with E-state index in [9.17, 15) is 14.4 Å². The molecule has 1 aliphatic heterocycles. The number of carbonyl (C=O) groups excluding carboxylic acids is 3. The number of nitrogens with zero attached hydrogens (tertiary/aromatic N) is 1. The Balaban J connectivity index is 1.49. The van der Waals surface area contributed by atoms with Crippen molar-refractivity contribution in [3.05, 3.63) is 54.6 Å². The van der Waals surface area contributed by atoms with Crippen LogP contribution in [0.1, 0.15) is 6.42 Å². The van der Waals surface area contributed by atoms with E-state index in [0.717, 1.165) is 5.69 Å². The Labute approximate surface area is 156 Å². The van der Waals surface area contributed by atoms with Crippen LogP contribution in [0.4, 0.5) is 11.4 Å². The van der Waals surface area contributed by atoms with Crippen LogP contribution in [0, 0.1) is 5.92 Å². The van der Waals surface area contributed by atoms with Gasteiger partial charge in [0, 0.05) is 24.3 Å². The van der Waals surface area contributed by atoms with Gasteiger partial charge in [-0.1, -0.05) is 18.2 Å². The third kappa shape index (κ3) is 4.63. The highest BCUT2D eigenvalue weighted by Crippen LogP contribution is 2.25. The second-order valence-electron chi connectivity index (χ2n) is 6.13. The van der Waals surface area contributed by atoms with Crippen LogP contribution in [-0.2, 0) is 19.1 Å². The standard InChI is InChI=1S/C20H20N2O5/c1-26-17-9-7-15(8-10-17)21-18(23)13-27-20(25)14-11-19(24)22(12-14)16-5-3-2-4-6-16/h2-10,14H,11-13H2,1H3,(H,21,23). The van der Waals surface area contributed by atoms with Crippen molar-refractivity contribution < 1.29 is 23.9 Å². The fourth-order valence-electron chi connectivity index (χ4n) is 2.85. The molecule has 7 heteroatoms. The normalized spacial score (nSPS) is 16.1. The first-order chi connectivity index (χ1) is 13.1. The fourth-order valence-corrected chi connectivity index (χ4v) is 2.85. The van der Waals surface area contributed by atoms with Crippen molar-refractivity contribution in [2.45, 2.75) is 6.42 Å². The highest BCUT2D eigenvalue weighted by molar-refractivity contribution is 6.00. The number of benzene rings is 2. The predicted molar refractivity (Wildman–Crippen MR) is 99.5 cm³/mol. The van der Waals surface area contributed by atoms with Crippen molar-refractivity contribution in [1.82, 2.24) is 0 Å². The molecule has 1 fully saturated rings. The number of amides is 2. The Morgan fingerprint density at radius 1 is 1.11 bits per heavy atom. The van der Waals surface area contributed by atoms with Crippen LogP contribution < -0.4 is 15.0 Å². The van der Waals surface area contributed by atoms with E-state index in [4.69, 9.17) is 9.47 Å². The van der Waals surface area contributed by atoms with Gasteiger partial charge in [0.25, 0.3) is 5.91 Å². The summed E-state index contributed by atoms with van der Waals surface area (Å²) in [7, 11) is 1.56. The molecule has 2 aromatic rings. The Hall–Kier alpha value is -3.35. The van der Waals surface area contributed by atoms with Crippen molar-refractivity contribution >= 4 is 29.2 Å². The summed E-state index contributed by atoms with van der Waals surface area (Å²) < 4.78 is 10.1. The number of esters is 1. The molecule has 27 heavy (non-hydrogen) atoms. The van der Waals surface area contributed by atoms with E-state index >= 15 is 0 Å². The zero-order chi connectivity index (χ0) is 19.2. The first-order valence-corrected chi connectivity index (χ1v) is 8.53. The summed E-state index contributed by atoms with van der Waals surface area (Å²) in [5.74, 6) is -1.03. The molecule has 0 aromatic heterocycles. The largest absolute Gasteiger partial charge is 0.497 e. The van der Waals surface area contributed by atoms with E-state index < -0.39 is 24.4 Å². The third-order valence-electron chi connectivity index (χ3n) is 4.25. The summed E-state index contributed by atoms with van der Waals surface area (Å²) in [6.45, 7) is -0.150. The van der Waals surface area contributed by atoms with Crippen LogP contribution in [0.5, 0.6) is 5.75 Å². The van der Waals surface area contributed by atoms with Gasteiger partial charge in [-0.05, 0) is 36.4 Å². The molecule has 7 nitrogen and oxygen atoms in total. The number of rotatable bonds is 6. The summed E-state index contributed by atoms with van der Waals surface area (Å²) in [4.78, 5) is 37.9. The van der Waals surface area contributed by atoms with Crippen molar-refractivity contribution in [2.24, 2.45) is 5.92 Å². The molecule has 1 aliphatic rings. The van der Waals surface area contributed by atoms with Crippen molar-refractivity contribution in [1.29, 1.82) is 0 Å². The second-order valence-corrected chi connectivity index (χ2v) is 6.13. The number of hydrogen-bond acceptors (Lipinski definition) is 5. The molecule has 1 N–H and O–H groups in total. The number of hydrogen-bond donors (Lipinski definition) is 1. The van der Waals surface area contributed by atoms with Gasteiger partial charge in [0.2, 0.25) is 5.91 Å². The van der Waals surface area contributed by atoms with Gasteiger partial charge in [-0.3, -0.25) is 14.4 Å². The minimum absolute atomic E-state index is 0.0772. The van der Waals surface area contributed by atoms with Crippen LogP contribution in [-0.4, -0.2) is 38.0 Å². The smallest absolute Gasteiger partial charge is 0.311 e. The van der Waals surface area contributed by atoms with Crippen molar-refractivity contribution in [3.63, 3.8) is 0 Å². The Morgan fingerprint density at radius 2 is 1.81 bits per heavy atom. The Kier molecular flexibility index (Phi) is 5.71. The van der Waals surface area contributed by atoms with Gasteiger partial charge >= 0.3 is 5.97 Å². The van der Waals surface area contributed by atoms with Gasteiger partial charge in [0.05, 0.1) is 13.0 Å². The quantitative estimate of drug-likeness (QED) is 0.791. The Morgan fingerprint density at radius 3 is 2.48 bits per heavy atom. The first kappa shape index (κ1) is 18.4. The number of carbonyl (C=O) groups is 3. The lowest BCUT2D eigenvalue weighted by Gasteiger charge is -2.16. The average Bonchev–Trinajstić information content (AvgIpc) is 3.09. The molecule has 1 saturated heterocycles. The molecule has 2 aromatic carbocycles. The second kappa shape index (κ2) is 8.35. The van der Waals surface area contributed by atoms with Crippen LogP contribution in [0.25, 0.3) is 0 Å². The summed E-state index contributed by atoms with van der Waals surface area (Å²) in [5, 5.41) is 2.63. The molecule has 1 atom stereocenters. The summed E-state index contributed by atoms with van der Waals surface area (Å²) >= 11 is 0. The molecule has 0 bridgehead atoms. The van der Waals surface area contributed by atoms with Crippen LogP contribution >= 0.6 is 0 Å². The summed E-state index contributed by atoms with van der Waals surface area (Å²) in [5.41, 5.74) is 1.32. The highest BCUT2D eigenvalue weighted by Gasteiger charge is 2.36. The van der Waals surface area contributed by atoms with E-state index in [-0.39, 0.29) is 18.9 Å². The van der Waals surface area contributed by atoms with Gasteiger partial charge in [0.1, 0.15) is 5.75 Å². The maximum Gasteiger partial charge on any atom is 0.311 e. The molecule has 1 heterocycles.